The first kappa shape index (κ1) is 95.5. The van der Waals surface area contributed by atoms with Crippen LogP contribution in [-0.2, 0) is 27.8 Å². The van der Waals surface area contributed by atoms with Crippen LogP contribution in [0.1, 0.15) is 287 Å². The number of epoxide rings is 1. The summed E-state index contributed by atoms with van der Waals surface area (Å²) < 4.78 is 35.9. The van der Waals surface area contributed by atoms with Gasteiger partial charge in [0.1, 0.15) is 12.2 Å². The van der Waals surface area contributed by atoms with E-state index >= 15 is 0 Å². The molecule has 4 aromatic rings. The van der Waals surface area contributed by atoms with E-state index in [4.69, 9.17) is 68.6 Å². The number of aliphatic hydroxyl groups is 2. The quantitative estimate of drug-likeness (QED) is 0.0195. The van der Waals surface area contributed by atoms with E-state index in [1.54, 1.807) is 0 Å². The number of hydrogen-bond acceptors (Lipinski definition) is 8. The third kappa shape index (κ3) is 48.5. The molecule has 1 saturated heterocycles. The van der Waals surface area contributed by atoms with Crippen molar-refractivity contribution in [3.8, 4) is 0 Å². The monoisotopic (exact) mass is 1620 g/mol. The Balaban J connectivity index is 0.000000545. The summed E-state index contributed by atoms with van der Waals surface area (Å²) >= 11 is -3.29. The molecular formula is C86H144Cl4O8Si2Sn. The number of allylic oxidation sites excluding steroid dienone is 4. The summed E-state index contributed by atoms with van der Waals surface area (Å²) in [7, 11) is 15.3. The molecule has 5 rings (SSSR count). The summed E-state index contributed by atoms with van der Waals surface area (Å²) in [4.78, 5) is 0. The number of ether oxygens (including phenoxy) is 4. The standard InChI is InChI=1S/C43H72O4Si.C22H32O2Si.C21H40O2.4ClH.Sn/c1-5-6-7-8-9-10-11-12-13-14-15-16-17-18-19-28-35-45-38-40(44)39-46-36-29-20-21-30-37-47-48(43(2,3)4,41-31-24-22-25-32-41)42-33-26-23-27-34-42;1-22(2,3)25(20-14-8-6-9-15-20,21-16-10-7-11-17-21)24-19-13-5-4-12-18-23;1-2-3-4-5-6-7-8-9-10-11-12-13-14-15-16-17-18-22-19-21-20-23-21;;;;;/h12-13,22-27,31-34,40,44H,5-11,14-21,28-30,35-39H2,1-4H3;6-11,14-17,23H,4-5,12-13,18-19H2,1-3H3;9-10,21H,2-8,11-20H2,1H3;4*1H;/q;;;;;;;+4/p-4/b13-12-;;10-9-;;;;;. The van der Waals surface area contributed by atoms with Crippen molar-refractivity contribution >= 4 is 86.9 Å². The first-order chi connectivity index (χ1) is 48.9. The molecule has 1 heterocycles. The van der Waals surface area contributed by atoms with Crippen molar-refractivity contribution in [3.05, 3.63) is 146 Å². The normalized spacial score (nSPS) is 13.7. The summed E-state index contributed by atoms with van der Waals surface area (Å²) in [5.41, 5.74) is 0. The van der Waals surface area contributed by atoms with Gasteiger partial charge in [-0.05, 0) is 121 Å². The van der Waals surface area contributed by atoms with Crippen molar-refractivity contribution in [2.75, 3.05) is 66.1 Å². The van der Waals surface area contributed by atoms with E-state index in [0.29, 0.717) is 25.9 Å². The zero-order chi connectivity index (χ0) is 73.7. The Hall–Kier alpha value is -1.57. The Labute approximate surface area is 640 Å². The molecular weight excluding hydrogens is 1480 g/mol. The van der Waals surface area contributed by atoms with Crippen LogP contribution in [0.5, 0.6) is 0 Å². The minimum absolute atomic E-state index is 0.0119. The molecule has 0 aliphatic carbocycles. The van der Waals surface area contributed by atoms with Gasteiger partial charge in [0.15, 0.2) is 0 Å². The second kappa shape index (κ2) is 62.3. The molecule has 8 nitrogen and oxygen atoms in total. The summed E-state index contributed by atoms with van der Waals surface area (Å²) in [6.07, 6.45) is 55.2. The molecule has 0 radical (unpaired) electrons. The number of aliphatic hydroxyl groups excluding tert-OH is 2. The Kier molecular flexibility index (Phi) is 59.0. The fraction of sp³-hybridized carbons (Fsp3) is 0.674. The van der Waals surface area contributed by atoms with Crippen LogP contribution in [0.2, 0.25) is 10.1 Å². The van der Waals surface area contributed by atoms with E-state index in [0.717, 1.165) is 97.4 Å². The van der Waals surface area contributed by atoms with Gasteiger partial charge in [-0.25, -0.2) is 0 Å². The Morgan fingerprint density at radius 2 is 0.644 bits per heavy atom. The van der Waals surface area contributed by atoms with Crippen molar-refractivity contribution in [3.63, 3.8) is 0 Å². The van der Waals surface area contributed by atoms with Crippen LogP contribution >= 0.6 is 35.7 Å². The van der Waals surface area contributed by atoms with Gasteiger partial charge < -0.3 is 38.0 Å². The zero-order valence-corrected chi connectivity index (χ0v) is 72.8. The second-order valence-electron chi connectivity index (χ2n) is 29.7. The van der Waals surface area contributed by atoms with Gasteiger partial charge in [0, 0.05) is 39.6 Å². The fourth-order valence-corrected chi connectivity index (χ4v) is 22.2. The molecule has 0 amide bonds. The predicted molar refractivity (Wildman–Crippen MR) is 447 cm³/mol. The summed E-state index contributed by atoms with van der Waals surface area (Å²) in [6, 6.07) is 43.3. The molecule has 101 heavy (non-hydrogen) atoms. The van der Waals surface area contributed by atoms with Gasteiger partial charge in [-0.2, -0.15) is 0 Å². The summed E-state index contributed by atoms with van der Waals surface area (Å²) in [5.74, 6) is 0. The summed E-state index contributed by atoms with van der Waals surface area (Å²) in [5, 5.41) is 24.6. The topological polar surface area (TPSA) is 99.1 Å². The Morgan fingerprint density at radius 3 is 0.911 bits per heavy atom. The van der Waals surface area contributed by atoms with Gasteiger partial charge >= 0.3 is 49.6 Å². The van der Waals surface area contributed by atoms with Gasteiger partial charge in [-0.3, -0.25) is 0 Å². The van der Waals surface area contributed by atoms with E-state index in [2.05, 4.69) is 201 Å². The minimum atomic E-state index is -3.29. The molecule has 1 aliphatic rings. The van der Waals surface area contributed by atoms with E-state index in [1.807, 2.05) is 0 Å². The van der Waals surface area contributed by atoms with Gasteiger partial charge in [0.2, 0.25) is 0 Å². The average Bonchev–Trinajstić information content (AvgIpc) is 0.830. The van der Waals surface area contributed by atoms with Crippen LogP contribution in [0.25, 0.3) is 0 Å². The van der Waals surface area contributed by atoms with Crippen molar-refractivity contribution in [1.29, 1.82) is 0 Å². The first-order valence-corrected chi connectivity index (χ1v) is 58.3. The predicted octanol–water partition coefficient (Wildman–Crippen LogP) is 23.5. The molecule has 1 aliphatic heterocycles. The van der Waals surface area contributed by atoms with Gasteiger partial charge in [0.05, 0.1) is 26.4 Å². The third-order valence-electron chi connectivity index (χ3n) is 18.6. The van der Waals surface area contributed by atoms with Crippen molar-refractivity contribution in [1.82, 2.24) is 0 Å². The van der Waals surface area contributed by atoms with Gasteiger partial charge in [-0.1, -0.05) is 342 Å². The van der Waals surface area contributed by atoms with Crippen LogP contribution in [0, 0.1) is 0 Å². The van der Waals surface area contributed by atoms with Gasteiger partial charge in [-0.15, -0.1) is 0 Å². The van der Waals surface area contributed by atoms with Gasteiger partial charge in [0.25, 0.3) is 16.6 Å². The van der Waals surface area contributed by atoms with Crippen molar-refractivity contribution in [2.24, 2.45) is 0 Å². The van der Waals surface area contributed by atoms with Crippen LogP contribution in [0.3, 0.4) is 0 Å². The molecule has 0 aromatic heterocycles. The number of benzene rings is 4. The zero-order valence-electron chi connectivity index (χ0n) is 64.9. The molecule has 2 atom stereocenters. The van der Waals surface area contributed by atoms with Crippen LogP contribution in [-0.4, -0.2) is 119 Å². The molecule has 0 saturated carbocycles. The third-order valence-corrected chi connectivity index (χ3v) is 28.7. The van der Waals surface area contributed by atoms with Crippen LogP contribution in [0.4, 0.5) is 0 Å². The molecule has 2 unspecified atom stereocenters. The van der Waals surface area contributed by atoms with Crippen molar-refractivity contribution in [2.45, 2.75) is 309 Å². The Morgan fingerprint density at radius 1 is 0.396 bits per heavy atom. The summed E-state index contributed by atoms with van der Waals surface area (Å²) in [6.45, 7) is 25.1. The van der Waals surface area contributed by atoms with Crippen LogP contribution in [0.15, 0.2) is 146 Å². The maximum absolute atomic E-state index is 10.2. The molecule has 15 heteroatoms. The molecule has 4 aromatic carbocycles. The molecule has 0 spiro atoms. The number of halogens is 4. The van der Waals surface area contributed by atoms with E-state index in [9.17, 15) is 5.11 Å². The van der Waals surface area contributed by atoms with E-state index in [-0.39, 0.29) is 16.7 Å². The maximum atomic E-state index is 10.2. The molecule has 0 bridgehead atoms. The molecule has 1 fully saturated rings. The van der Waals surface area contributed by atoms with Crippen molar-refractivity contribution < 1.29 is 38.0 Å². The number of unbranched alkanes of at least 4 members (excludes halogenated alkanes) is 30. The second-order valence-corrected chi connectivity index (χ2v) is 63.8. The first-order valence-electron chi connectivity index (χ1n) is 40.1. The SMILES string of the molecule is CC(C)(C)[Si](OCCCCCCO)(c1ccccc1)c1ccccc1.CCCCCCCC/C=C\CCCCCCCCOCC(O)COCCCCCCO[Si](c1ccccc1)(c1ccccc1)C(C)(C)C.CCCCCCCC/C=C\CCCCCCCCOCC1CO1.[Cl][Sn]([Cl])([Cl])[Cl]. The van der Waals surface area contributed by atoms with E-state index < -0.39 is 36.6 Å². The average molecular weight is 1620 g/mol. The number of rotatable bonds is 57. The fourth-order valence-electron chi connectivity index (χ4n) is 13.0. The number of hydrogen-bond donors (Lipinski definition) is 2. The molecule has 2 N–H and O–H groups in total. The Bertz CT molecular complexity index is 2410. The molecule has 576 valence electrons. The van der Waals surface area contributed by atoms with Crippen LogP contribution < -0.4 is 20.7 Å². The van der Waals surface area contributed by atoms with E-state index in [1.165, 1.54) is 194 Å².